The van der Waals surface area contributed by atoms with Gasteiger partial charge in [-0.3, -0.25) is 4.79 Å². The van der Waals surface area contributed by atoms with Crippen molar-refractivity contribution >= 4 is 6.29 Å². The maximum absolute atomic E-state index is 10.0. The molecule has 0 saturated heterocycles. The predicted molar refractivity (Wildman–Crippen MR) is 62.0 cm³/mol. The molecule has 1 radical (unpaired) electrons. The summed E-state index contributed by atoms with van der Waals surface area (Å²) in [5.74, 6) is 0. The van der Waals surface area contributed by atoms with Crippen molar-refractivity contribution < 1.29 is 4.79 Å². The van der Waals surface area contributed by atoms with E-state index in [2.05, 4.69) is 13.0 Å². The van der Waals surface area contributed by atoms with E-state index in [1.807, 2.05) is 25.4 Å². The Hall–Kier alpha value is -0.850. The van der Waals surface area contributed by atoms with Crippen LogP contribution in [0.1, 0.15) is 52.4 Å². The Morgan fingerprint density at radius 1 is 1.29 bits per heavy atom. The fourth-order valence-corrected chi connectivity index (χ4v) is 1.19. The van der Waals surface area contributed by atoms with Crippen LogP contribution in [-0.2, 0) is 4.79 Å². The molecule has 0 aromatic heterocycles. The standard InChI is InChI=1S/C13H21O/c1-3-4-5-6-7-8-9-10-13(2)11-12-14/h8-10H,3-7,11H2,1-2H3. The summed E-state index contributed by atoms with van der Waals surface area (Å²) in [6, 6.07) is 0. The lowest BCUT2D eigenvalue weighted by Gasteiger charge is -1.93. The topological polar surface area (TPSA) is 17.1 Å². The van der Waals surface area contributed by atoms with Gasteiger partial charge in [0.25, 0.3) is 0 Å². The zero-order valence-corrected chi connectivity index (χ0v) is 9.38. The van der Waals surface area contributed by atoms with Crippen molar-refractivity contribution in [1.82, 2.24) is 0 Å². The Labute approximate surface area is 87.9 Å². The van der Waals surface area contributed by atoms with Crippen molar-refractivity contribution in [2.75, 3.05) is 0 Å². The first-order chi connectivity index (χ1) is 6.81. The molecule has 0 heterocycles. The highest BCUT2D eigenvalue weighted by atomic mass is 16.1. The molecule has 0 amide bonds. The van der Waals surface area contributed by atoms with E-state index in [0.717, 1.165) is 12.0 Å². The van der Waals surface area contributed by atoms with E-state index in [1.165, 1.54) is 25.7 Å². The maximum Gasteiger partial charge on any atom is 0.202 e. The molecular weight excluding hydrogens is 172 g/mol. The number of hydrogen-bond donors (Lipinski definition) is 0. The van der Waals surface area contributed by atoms with E-state index in [1.54, 1.807) is 0 Å². The van der Waals surface area contributed by atoms with Crippen molar-refractivity contribution in [3.63, 3.8) is 0 Å². The summed E-state index contributed by atoms with van der Waals surface area (Å²) in [7, 11) is 0. The smallest absolute Gasteiger partial charge is 0.202 e. The zero-order valence-electron chi connectivity index (χ0n) is 9.38. The molecule has 0 spiro atoms. The summed E-state index contributed by atoms with van der Waals surface area (Å²) in [5.41, 5.74) is 1.07. The minimum absolute atomic E-state index is 0.431. The van der Waals surface area contributed by atoms with Gasteiger partial charge in [-0.25, -0.2) is 0 Å². The zero-order chi connectivity index (χ0) is 10.6. The van der Waals surface area contributed by atoms with Crippen LogP contribution in [0, 0.1) is 0 Å². The van der Waals surface area contributed by atoms with Crippen LogP contribution in [0.5, 0.6) is 0 Å². The second-order valence-electron chi connectivity index (χ2n) is 3.61. The number of unbranched alkanes of at least 4 members (excludes halogenated alkanes) is 4. The molecule has 0 saturated carbocycles. The Morgan fingerprint density at radius 2 is 2.07 bits per heavy atom. The molecule has 0 unspecified atom stereocenters. The highest BCUT2D eigenvalue weighted by molar-refractivity contribution is 5.55. The molecule has 0 aliphatic rings. The molecule has 0 bridgehead atoms. The summed E-state index contributed by atoms with van der Waals surface area (Å²) in [6.07, 6.45) is 14.9. The fourth-order valence-electron chi connectivity index (χ4n) is 1.19. The van der Waals surface area contributed by atoms with Crippen molar-refractivity contribution in [1.29, 1.82) is 0 Å². The van der Waals surface area contributed by atoms with Gasteiger partial charge in [0.1, 0.15) is 0 Å². The molecule has 79 valence electrons. The van der Waals surface area contributed by atoms with Gasteiger partial charge in [-0.05, 0) is 19.8 Å². The third-order valence-corrected chi connectivity index (χ3v) is 2.09. The molecule has 0 aliphatic carbocycles. The monoisotopic (exact) mass is 193 g/mol. The second-order valence-corrected chi connectivity index (χ2v) is 3.61. The molecule has 0 aliphatic heterocycles. The van der Waals surface area contributed by atoms with Crippen molar-refractivity contribution in [3.8, 4) is 0 Å². The molecule has 0 atom stereocenters. The first-order valence-corrected chi connectivity index (χ1v) is 5.48. The van der Waals surface area contributed by atoms with Crippen LogP contribution < -0.4 is 0 Å². The van der Waals surface area contributed by atoms with E-state index in [0.29, 0.717) is 6.42 Å². The number of allylic oxidation sites excluding steroid dienone is 4. The van der Waals surface area contributed by atoms with Crippen molar-refractivity contribution in [3.05, 3.63) is 23.8 Å². The van der Waals surface area contributed by atoms with Gasteiger partial charge in [-0.2, -0.15) is 0 Å². The molecule has 0 rings (SSSR count). The summed E-state index contributed by atoms with van der Waals surface area (Å²) in [4.78, 5) is 10.0. The van der Waals surface area contributed by atoms with Gasteiger partial charge < -0.3 is 0 Å². The van der Waals surface area contributed by atoms with Gasteiger partial charge in [0.05, 0.1) is 0 Å². The van der Waals surface area contributed by atoms with Gasteiger partial charge in [-0.15, -0.1) is 0 Å². The lowest BCUT2D eigenvalue weighted by atomic mass is 10.1. The first kappa shape index (κ1) is 13.2. The minimum Gasteiger partial charge on any atom is -0.291 e. The average molecular weight is 193 g/mol. The highest BCUT2D eigenvalue weighted by Crippen LogP contribution is 2.03. The van der Waals surface area contributed by atoms with E-state index >= 15 is 0 Å². The van der Waals surface area contributed by atoms with E-state index in [9.17, 15) is 4.79 Å². The molecule has 14 heavy (non-hydrogen) atoms. The Kier molecular flexibility index (Phi) is 9.61. The van der Waals surface area contributed by atoms with E-state index in [-0.39, 0.29) is 0 Å². The van der Waals surface area contributed by atoms with Crippen LogP contribution in [0.15, 0.2) is 23.8 Å². The fraction of sp³-hybridized carbons (Fsp3) is 0.615. The van der Waals surface area contributed by atoms with Gasteiger partial charge >= 0.3 is 0 Å². The Balaban J connectivity index is 3.43. The van der Waals surface area contributed by atoms with E-state index in [4.69, 9.17) is 0 Å². The van der Waals surface area contributed by atoms with Crippen LogP contribution in [0.25, 0.3) is 0 Å². The molecular formula is C13H21O. The summed E-state index contributed by atoms with van der Waals surface area (Å²) >= 11 is 0. The molecule has 0 aromatic rings. The lowest BCUT2D eigenvalue weighted by Crippen LogP contribution is -1.76. The van der Waals surface area contributed by atoms with Gasteiger partial charge in [0.15, 0.2) is 0 Å². The molecule has 0 aromatic carbocycles. The second kappa shape index (κ2) is 10.2. The van der Waals surface area contributed by atoms with E-state index < -0.39 is 0 Å². The molecule has 0 N–H and O–H groups in total. The van der Waals surface area contributed by atoms with Crippen LogP contribution >= 0.6 is 0 Å². The van der Waals surface area contributed by atoms with Crippen LogP contribution in [0.2, 0.25) is 0 Å². The van der Waals surface area contributed by atoms with Gasteiger partial charge in [0.2, 0.25) is 6.29 Å². The van der Waals surface area contributed by atoms with Gasteiger partial charge in [-0.1, -0.05) is 50.0 Å². The van der Waals surface area contributed by atoms with Crippen LogP contribution in [-0.4, -0.2) is 6.29 Å². The van der Waals surface area contributed by atoms with Crippen LogP contribution in [0.4, 0.5) is 0 Å². The van der Waals surface area contributed by atoms with Crippen molar-refractivity contribution in [2.24, 2.45) is 0 Å². The molecule has 1 heteroatoms. The number of hydrogen-bond acceptors (Lipinski definition) is 1. The SMILES string of the molecule is CCCCCCC=CC=C(C)C[C]=O. The average Bonchev–Trinajstić information content (AvgIpc) is 2.17. The van der Waals surface area contributed by atoms with Crippen LogP contribution in [0.3, 0.4) is 0 Å². The third kappa shape index (κ3) is 9.24. The Bertz CT molecular complexity index is 189. The number of carbonyl (C=O) groups excluding carboxylic acids is 1. The third-order valence-electron chi connectivity index (χ3n) is 2.09. The van der Waals surface area contributed by atoms with Crippen molar-refractivity contribution in [2.45, 2.75) is 52.4 Å². The largest absolute Gasteiger partial charge is 0.291 e. The van der Waals surface area contributed by atoms with Gasteiger partial charge in [0, 0.05) is 6.42 Å². The summed E-state index contributed by atoms with van der Waals surface area (Å²) < 4.78 is 0. The summed E-state index contributed by atoms with van der Waals surface area (Å²) in [6.45, 7) is 4.17. The lowest BCUT2D eigenvalue weighted by molar-refractivity contribution is 0.555. The molecule has 0 fully saturated rings. The first-order valence-electron chi connectivity index (χ1n) is 5.48. The highest BCUT2D eigenvalue weighted by Gasteiger charge is 1.85. The predicted octanol–water partition coefficient (Wildman–Crippen LogP) is 3.96. The quantitative estimate of drug-likeness (QED) is 0.421. The maximum atomic E-state index is 10.0. The molecule has 1 nitrogen and oxygen atoms in total. The normalized spacial score (nSPS) is 12.3. The minimum atomic E-state index is 0.431. The Morgan fingerprint density at radius 3 is 2.71 bits per heavy atom. The summed E-state index contributed by atoms with van der Waals surface area (Å²) in [5, 5.41) is 0. The number of rotatable bonds is 8.